The molecule has 16 heavy (non-hydrogen) atoms. The van der Waals surface area contributed by atoms with Gasteiger partial charge in [-0.2, -0.15) is 0 Å². The van der Waals surface area contributed by atoms with Gasteiger partial charge < -0.3 is 4.74 Å². The number of benzene rings is 1. The van der Waals surface area contributed by atoms with Gasteiger partial charge in [0.25, 0.3) is 0 Å². The minimum atomic E-state index is 0.0995. The van der Waals surface area contributed by atoms with Crippen molar-refractivity contribution in [2.75, 3.05) is 7.11 Å². The lowest BCUT2D eigenvalue weighted by atomic mass is 9.97. The normalized spacial score (nSPS) is 10.3. The highest BCUT2D eigenvalue weighted by molar-refractivity contribution is 6.32. The van der Waals surface area contributed by atoms with Crippen LogP contribution in [0.4, 0.5) is 0 Å². The van der Waals surface area contributed by atoms with Crippen LogP contribution in [0.1, 0.15) is 41.3 Å². The van der Waals surface area contributed by atoms with E-state index in [1.807, 2.05) is 26.8 Å². The zero-order chi connectivity index (χ0) is 12.3. The Hall–Kier alpha value is -1.02. The molecule has 0 amide bonds. The lowest BCUT2D eigenvalue weighted by molar-refractivity contribution is 0.0978. The smallest absolute Gasteiger partial charge is 0.166 e. The summed E-state index contributed by atoms with van der Waals surface area (Å²) < 4.78 is 5.30. The van der Waals surface area contributed by atoms with Crippen LogP contribution in [-0.4, -0.2) is 12.9 Å². The molecule has 0 aliphatic heterocycles. The summed E-state index contributed by atoms with van der Waals surface area (Å²) in [6.45, 7) is 5.73. The van der Waals surface area contributed by atoms with Gasteiger partial charge in [-0.05, 0) is 37.5 Å². The number of halogens is 1. The van der Waals surface area contributed by atoms with Crippen molar-refractivity contribution >= 4 is 17.4 Å². The molecule has 0 unspecified atom stereocenters. The molecule has 0 radical (unpaired) electrons. The van der Waals surface area contributed by atoms with Crippen LogP contribution in [-0.2, 0) is 0 Å². The first-order chi connectivity index (χ1) is 7.52. The Morgan fingerprint density at radius 1 is 1.44 bits per heavy atom. The number of methoxy groups -OCH3 is 1. The summed E-state index contributed by atoms with van der Waals surface area (Å²) >= 11 is 6.08. The topological polar surface area (TPSA) is 26.3 Å². The lowest BCUT2D eigenvalue weighted by Gasteiger charge is -2.14. The largest absolute Gasteiger partial charge is 0.496 e. The molecule has 0 N–H and O–H groups in total. The van der Waals surface area contributed by atoms with Crippen LogP contribution in [0.2, 0.25) is 5.02 Å². The monoisotopic (exact) mass is 240 g/mol. The Balaban J connectivity index is 3.38. The second-order valence-electron chi connectivity index (χ2n) is 3.88. The van der Waals surface area contributed by atoms with E-state index in [-0.39, 0.29) is 5.78 Å². The van der Waals surface area contributed by atoms with E-state index in [0.29, 0.717) is 22.8 Å². The van der Waals surface area contributed by atoms with Crippen LogP contribution in [0, 0.1) is 13.8 Å². The maximum Gasteiger partial charge on any atom is 0.166 e. The molecule has 0 atom stereocenters. The molecule has 1 aromatic carbocycles. The highest BCUT2D eigenvalue weighted by Crippen LogP contribution is 2.32. The molecule has 1 aromatic rings. The number of aryl methyl sites for hydroxylation is 1. The number of ether oxygens (including phenoxy) is 1. The van der Waals surface area contributed by atoms with Gasteiger partial charge in [-0.25, -0.2) is 0 Å². The molecule has 0 aliphatic carbocycles. The molecule has 88 valence electrons. The van der Waals surface area contributed by atoms with Crippen LogP contribution in [0.25, 0.3) is 0 Å². The first-order valence-electron chi connectivity index (χ1n) is 5.39. The Morgan fingerprint density at radius 2 is 2.06 bits per heavy atom. The van der Waals surface area contributed by atoms with Crippen LogP contribution >= 0.6 is 11.6 Å². The highest BCUT2D eigenvalue weighted by atomic mass is 35.5. The summed E-state index contributed by atoms with van der Waals surface area (Å²) in [6, 6.07) is 1.83. The molecule has 3 heteroatoms. The Labute approximate surface area is 102 Å². The summed E-state index contributed by atoms with van der Waals surface area (Å²) in [7, 11) is 1.58. The first-order valence-corrected chi connectivity index (χ1v) is 5.77. The van der Waals surface area contributed by atoms with Crippen molar-refractivity contribution < 1.29 is 9.53 Å². The van der Waals surface area contributed by atoms with Gasteiger partial charge in [0, 0.05) is 11.4 Å². The summed E-state index contributed by atoms with van der Waals surface area (Å²) in [5.41, 5.74) is 2.34. The van der Waals surface area contributed by atoms with E-state index >= 15 is 0 Å². The van der Waals surface area contributed by atoms with E-state index in [2.05, 4.69) is 0 Å². The number of hydrogen-bond donors (Lipinski definition) is 0. The van der Waals surface area contributed by atoms with Crippen molar-refractivity contribution in [1.82, 2.24) is 0 Å². The second kappa shape index (κ2) is 5.35. The average Bonchev–Trinajstić information content (AvgIpc) is 2.23. The molecule has 1 rings (SSSR count). The Kier molecular flexibility index (Phi) is 4.36. The van der Waals surface area contributed by atoms with Crippen LogP contribution in [0.3, 0.4) is 0 Å². The van der Waals surface area contributed by atoms with Gasteiger partial charge in [-0.3, -0.25) is 4.79 Å². The van der Waals surface area contributed by atoms with E-state index in [4.69, 9.17) is 16.3 Å². The summed E-state index contributed by atoms with van der Waals surface area (Å²) in [5, 5.41) is 0.623. The predicted molar refractivity (Wildman–Crippen MR) is 66.7 cm³/mol. The molecule has 0 saturated heterocycles. The molecule has 0 aromatic heterocycles. The number of Topliss-reactive ketones (excluding diaryl/α,β-unsaturated/α-hetero) is 1. The maximum absolute atomic E-state index is 12.0. The van der Waals surface area contributed by atoms with Gasteiger partial charge in [0.15, 0.2) is 5.78 Å². The quantitative estimate of drug-likeness (QED) is 0.745. The third kappa shape index (κ3) is 2.38. The second-order valence-corrected chi connectivity index (χ2v) is 4.29. The summed E-state index contributed by atoms with van der Waals surface area (Å²) in [6.07, 6.45) is 1.35. The molecule has 0 saturated carbocycles. The van der Waals surface area contributed by atoms with E-state index in [1.165, 1.54) is 0 Å². The zero-order valence-electron chi connectivity index (χ0n) is 10.2. The van der Waals surface area contributed by atoms with Gasteiger partial charge in [0.2, 0.25) is 0 Å². The van der Waals surface area contributed by atoms with Crippen molar-refractivity contribution in [1.29, 1.82) is 0 Å². The zero-order valence-corrected chi connectivity index (χ0v) is 10.9. The predicted octanol–water partition coefficient (Wildman–Crippen LogP) is 3.95. The summed E-state index contributed by atoms with van der Waals surface area (Å²) in [5.74, 6) is 0.753. The number of hydrogen-bond acceptors (Lipinski definition) is 2. The molecular weight excluding hydrogens is 224 g/mol. The molecule has 0 bridgehead atoms. The molecular formula is C13H17ClO2. The fourth-order valence-electron chi connectivity index (χ4n) is 1.80. The SMILES string of the molecule is CCCC(=O)c1c(C)c(Cl)cc(C)c1OC. The molecule has 0 spiro atoms. The van der Waals surface area contributed by atoms with Crippen molar-refractivity contribution in [2.24, 2.45) is 0 Å². The van der Waals surface area contributed by atoms with Gasteiger partial charge in [0.1, 0.15) is 5.75 Å². The standard InChI is InChI=1S/C13H17ClO2/c1-5-6-11(15)12-9(3)10(14)7-8(2)13(12)16-4/h7H,5-6H2,1-4H3. The Morgan fingerprint density at radius 3 is 2.56 bits per heavy atom. The fourth-order valence-corrected chi connectivity index (χ4v) is 2.06. The van der Waals surface area contributed by atoms with E-state index < -0.39 is 0 Å². The maximum atomic E-state index is 12.0. The van der Waals surface area contributed by atoms with Crippen LogP contribution in [0.15, 0.2) is 6.07 Å². The Bertz CT molecular complexity index is 411. The molecule has 0 aliphatic rings. The van der Waals surface area contributed by atoms with Crippen molar-refractivity contribution in [3.05, 3.63) is 27.8 Å². The highest BCUT2D eigenvalue weighted by Gasteiger charge is 2.18. The first kappa shape index (κ1) is 13.0. The van der Waals surface area contributed by atoms with Gasteiger partial charge >= 0.3 is 0 Å². The third-order valence-corrected chi connectivity index (χ3v) is 3.01. The number of carbonyl (C=O) groups is 1. The van der Waals surface area contributed by atoms with Crippen molar-refractivity contribution in [2.45, 2.75) is 33.6 Å². The number of rotatable bonds is 4. The van der Waals surface area contributed by atoms with E-state index in [0.717, 1.165) is 17.5 Å². The van der Waals surface area contributed by atoms with Crippen molar-refractivity contribution in [3.63, 3.8) is 0 Å². The number of carbonyl (C=O) groups excluding carboxylic acids is 1. The van der Waals surface area contributed by atoms with Gasteiger partial charge in [0.05, 0.1) is 12.7 Å². The van der Waals surface area contributed by atoms with Gasteiger partial charge in [-0.1, -0.05) is 18.5 Å². The van der Waals surface area contributed by atoms with Gasteiger partial charge in [-0.15, -0.1) is 0 Å². The molecule has 0 fully saturated rings. The summed E-state index contributed by atoms with van der Waals surface area (Å²) in [4.78, 5) is 12.0. The van der Waals surface area contributed by atoms with Crippen molar-refractivity contribution in [3.8, 4) is 5.75 Å². The van der Waals surface area contributed by atoms with Crippen LogP contribution < -0.4 is 4.74 Å². The fraction of sp³-hybridized carbons (Fsp3) is 0.462. The third-order valence-electron chi connectivity index (χ3n) is 2.62. The number of ketones is 1. The van der Waals surface area contributed by atoms with E-state index in [9.17, 15) is 4.79 Å². The van der Waals surface area contributed by atoms with Crippen LogP contribution in [0.5, 0.6) is 5.75 Å². The molecule has 0 heterocycles. The average molecular weight is 241 g/mol. The minimum absolute atomic E-state index is 0.0995. The minimum Gasteiger partial charge on any atom is -0.496 e. The molecule has 2 nitrogen and oxygen atoms in total. The van der Waals surface area contributed by atoms with E-state index in [1.54, 1.807) is 7.11 Å². The lowest BCUT2D eigenvalue weighted by Crippen LogP contribution is -2.06.